The lowest BCUT2D eigenvalue weighted by molar-refractivity contribution is 0.0964. The van der Waals surface area contributed by atoms with Crippen LogP contribution in [0.3, 0.4) is 0 Å². The van der Waals surface area contributed by atoms with Crippen LogP contribution in [-0.4, -0.2) is 46.5 Å². The molecule has 3 aromatic heterocycles. The zero-order chi connectivity index (χ0) is 23.9. The number of ether oxygens (including phenoxy) is 1. The zero-order valence-electron chi connectivity index (χ0n) is 19.6. The van der Waals surface area contributed by atoms with Gasteiger partial charge in [-0.1, -0.05) is 25.1 Å². The number of para-hydroxylation sites is 1. The van der Waals surface area contributed by atoms with Crippen LogP contribution in [0.5, 0.6) is 0 Å². The van der Waals surface area contributed by atoms with Crippen LogP contribution >= 0.6 is 0 Å². The van der Waals surface area contributed by atoms with Crippen LogP contribution in [0.25, 0.3) is 22.2 Å². The summed E-state index contributed by atoms with van der Waals surface area (Å²) in [4.78, 5) is 30.0. The molecule has 174 valence electrons. The summed E-state index contributed by atoms with van der Waals surface area (Å²) in [5.74, 6) is 0.800. The molecule has 0 aliphatic carbocycles. The van der Waals surface area contributed by atoms with E-state index < -0.39 is 0 Å². The first-order chi connectivity index (χ1) is 16.6. The van der Waals surface area contributed by atoms with Crippen molar-refractivity contribution in [2.45, 2.75) is 25.9 Å². The summed E-state index contributed by atoms with van der Waals surface area (Å²) in [7, 11) is 3.30. The SMILES string of the molecule is CCC(CNc1cc(-c2cncc(COC)c2)ncn1)c1cccc2c(C(=O)NC)ccnc12. The van der Waals surface area contributed by atoms with Gasteiger partial charge in [-0.05, 0) is 29.7 Å². The Morgan fingerprint density at radius 1 is 1.12 bits per heavy atom. The maximum Gasteiger partial charge on any atom is 0.251 e. The molecule has 2 N–H and O–H groups in total. The minimum absolute atomic E-state index is 0.117. The van der Waals surface area contributed by atoms with E-state index in [4.69, 9.17) is 4.74 Å². The van der Waals surface area contributed by atoms with E-state index in [1.54, 1.807) is 45.1 Å². The second-order valence-electron chi connectivity index (χ2n) is 7.97. The highest BCUT2D eigenvalue weighted by atomic mass is 16.5. The lowest BCUT2D eigenvalue weighted by Gasteiger charge is -2.19. The number of nitrogens with one attached hydrogen (secondary N) is 2. The van der Waals surface area contributed by atoms with Crippen molar-refractivity contribution in [2.24, 2.45) is 0 Å². The van der Waals surface area contributed by atoms with Crippen LogP contribution in [0.1, 0.15) is 40.7 Å². The molecule has 0 spiro atoms. The van der Waals surface area contributed by atoms with Crippen molar-refractivity contribution in [2.75, 3.05) is 26.0 Å². The van der Waals surface area contributed by atoms with Crippen LogP contribution in [0.2, 0.25) is 0 Å². The van der Waals surface area contributed by atoms with Gasteiger partial charge in [0.05, 0.1) is 23.4 Å². The third-order valence-electron chi connectivity index (χ3n) is 5.80. The van der Waals surface area contributed by atoms with Gasteiger partial charge >= 0.3 is 0 Å². The van der Waals surface area contributed by atoms with E-state index in [1.807, 2.05) is 24.3 Å². The summed E-state index contributed by atoms with van der Waals surface area (Å²) in [6.07, 6.45) is 7.72. The van der Waals surface area contributed by atoms with Crippen molar-refractivity contribution in [1.29, 1.82) is 0 Å². The minimum Gasteiger partial charge on any atom is -0.380 e. The van der Waals surface area contributed by atoms with Crippen LogP contribution < -0.4 is 10.6 Å². The number of aromatic nitrogens is 4. The normalized spacial score (nSPS) is 11.9. The fourth-order valence-corrected chi connectivity index (χ4v) is 4.05. The number of fused-ring (bicyclic) bond motifs is 1. The van der Waals surface area contributed by atoms with E-state index >= 15 is 0 Å². The van der Waals surface area contributed by atoms with Gasteiger partial charge in [0.25, 0.3) is 5.91 Å². The Hall–Kier alpha value is -3.91. The first-order valence-corrected chi connectivity index (χ1v) is 11.2. The van der Waals surface area contributed by atoms with E-state index in [0.29, 0.717) is 18.7 Å². The molecule has 1 aromatic carbocycles. The number of hydrogen-bond acceptors (Lipinski definition) is 7. The van der Waals surface area contributed by atoms with Crippen LogP contribution in [0, 0.1) is 0 Å². The van der Waals surface area contributed by atoms with Gasteiger partial charge in [-0.2, -0.15) is 0 Å². The minimum atomic E-state index is -0.117. The van der Waals surface area contributed by atoms with Gasteiger partial charge in [-0.25, -0.2) is 9.97 Å². The molecule has 0 aliphatic heterocycles. The Labute approximate surface area is 198 Å². The monoisotopic (exact) mass is 456 g/mol. The molecule has 0 aliphatic rings. The number of methoxy groups -OCH3 is 1. The topological polar surface area (TPSA) is 102 Å². The molecule has 0 radical (unpaired) electrons. The van der Waals surface area contributed by atoms with Crippen molar-refractivity contribution in [3.8, 4) is 11.3 Å². The fourth-order valence-electron chi connectivity index (χ4n) is 4.05. The molecule has 0 saturated heterocycles. The molecule has 1 amide bonds. The number of carbonyl (C=O) groups excluding carboxylic acids is 1. The smallest absolute Gasteiger partial charge is 0.251 e. The summed E-state index contributed by atoms with van der Waals surface area (Å²) in [6.45, 7) is 3.31. The molecule has 8 heteroatoms. The maximum absolute atomic E-state index is 12.3. The zero-order valence-corrected chi connectivity index (χ0v) is 19.6. The van der Waals surface area contributed by atoms with E-state index in [-0.39, 0.29) is 11.8 Å². The van der Waals surface area contributed by atoms with Crippen molar-refractivity contribution in [3.63, 3.8) is 0 Å². The maximum atomic E-state index is 12.3. The van der Waals surface area contributed by atoms with Crippen molar-refractivity contribution < 1.29 is 9.53 Å². The predicted octanol–water partition coefficient (Wildman–Crippen LogP) is 4.20. The Bertz CT molecular complexity index is 1290. The summed E-state index contributed by atoms with van der Waals surface area (Å²) in [6, 6.07) is 11.7. The number of anilines is 1. The molecule has 0 saturated carbocycles. The average molecular weight is 457 g/mol. The first-order valence-electron chi connectivity index (χ1n) is 11.2. The average Bonchev–Trinajstić information content (AvgIpc) is 2.89. The Kier molecular flexibility index (Phi) is 7.39. The quantitative estimate of drug-likeness (QED) is 0.389. The number of pyridine rings is 2. The molecule has 0 bridgehead atoms. The molecular formula is C26H28N6O2. The van der Waals surface area contributed by atoms with Crippen molar-refractivity contribution >= 4 is 22.6 Å². The highest BCUT2D eigenvalue weighted by Crippen LogP contribution is 2.29. The lowest BCUT2D eigenvalue weighted by Crippen LogP contribution is -2.18. The van der Waals surface area contributed by atoms with Gasteiger partial charge in [0, 0.05) is 62.2 Å². The molecule has 0 fully saturated rings. The summed E-state index contributed by atoms with van der Waals surface area (Å²) in [5, 5.41) is 7.01. The largest absolute Gasteiger partial charge is 0.380 e. The standard InChI is InChI=1S/C26H28N6O2/c1-4-18(20-6-5-7-21-22(26(33)27-2)8-9-29-25(20)21)14-30-24-11-23(31-16-32-24)19-10-17(15-34-3)12-28-13-19/h5-13,16,18H,4,14-15H2,1-3H3,(H,27,33)(H,30,31,32). The van der Waals surface area contributed by atoms with Gasteiger partial charge in [0.2, 0.25) is 0 Å². The number of rotatable bonds is 9. The molecule has 4 aromatic rings. The van der Waals surface area contributed by atoms with Crippen LogP contribution in [0.15, 0.2) is 61.3 Å². The molecule has 1 atom stereocenters. The van der Waals surface area contributed by atoms with Gasteiger partial charge < -0.3 is 15.4 Å². The molecule has 3 heterocycles. The Morgan fingerprint density at radius 2 is 2.00 bits per heavy atom. The van der Waals surface area contributed by atoms with Crippen molar-refractivity contribution in [3.05, 3.63) is 78.0 Å². The van der Waals surface area contributed by atoms with Gasteiger partial charge in [0.1, 0.15) is 12.1 Å². The highest BCUT2D eigenvalue weighted by molar-refractivity contribution is 6.06. The number of hydrogen-bond donors (Lipinski definition) is 2. The fraction of sp³-hybridized carbons (Fsp3) is 0.269. The number of nitrogens with zero attached hydrogens (tertiary/aromatic N) is 4. The molecular weight excluding hydrogens is 428 g/mol. The second kappa shape index (κ2) is 10.8. The third kappa shape index (κ3) is 5.02. The summed E-state index contributed by atoms with van der Waals surface area (Å²) < 4.78 is 5.21. The molecule has 1 unspecified atom stereocenters. The van der Waals surface area contributed by atoms with Gasteiger partial charge in [-0.15, -0.1) is 0 Å². The van der Waals surface area contributed by atoms with Crippen LogP contribution in [0.4, 0.5) is 5.82 Å². The van der Waals surface area contributed by atoms with Gasteiger partial charge in [-0.3, -0.25) is 14.8 Å². The summed E-state index contributed by atoms with van der Waals surface area (Å²) in [5.41, 5.74) is 5.26. The summed E-state index contributed by atoms with van der Waals surface area (Å²) >= 11 is 0. The Morgan fingerprint density at radius 3 is 2.79 bits per heavy atom. The molecule has 8 nitrogen and oxygen atoms in total. The van der Waals surface area contributed by atoms with Crippen LogP contribution in [-0.2, 0) is 11.3 Å². The highest BCUT2D eigenvalue weighted by Gasteiger charge is 2.17. The molecule has 4 rings (SSSR count). The third-order valence-corrected chi connectivity index (χ3v) is 5.80. The predicted molar refractivity (Wildman–Crippen MR) is 133 cm³/mol. The van der Waals surface area contributed by atoms with E-state index in [0.717, 1.165) is 45.5 Å². The first kappa shape index (κ1) is 23.3. The number of amides is 1. The number of benzene rings is 1. The second-order valence-corrected chi connectivity index (χ2v) is 7.97. The molecule has 34 heavy (non-hydrogen) atoms. The Balaban J connectivity index is 1.57. The van der Waals surface area contributed by atoms with E-state index in [1.165, 1.54) is 0 Å². The van der Waals surface area contributed by atoms with Gasteiger partial charge in [0.15, 0.2) is 0 Å². The van der Waals surface area contributed by atoms with E-state index in [9.17, 15) is 4.79 Å². The lowest BCUT2D eigenvalue weighted by atomic mass is 9.92. The van der Waals surface area contributed by atoms with Crippen molar-refractivity contribution in [1.82, 2.24) is 25.3 Å². The van der Waals surface area contributed by atoms with E-state index in [2.05, 4.69) is 43.6 Å². The number of carbonyl (C=O) groups is 1.